The molecule has 6 nitrogen and oxygen atoms in total. The van der Waals surface area contributed by atoms with Gasteiger partial charge >= 0.3 is 12.1 Å². The van der Waals surface area contributed by atoms with Crippen LogP contribution in [0.2, 0.25) is 5.02 Å². The Morgan fingerprint density at radius 3 is 2.87 bits per heavy atom. The zero-order valence-electron chi connectivity index (χ0n) is 15.0. The summed E-state index contributed by atoms with van der Waals surface area (Å²) in [5.74, 6) is -2.80. The molecule has 0 saturated heterocycles. The Morgan fingerprint density at radius 2 is 2.17 bits per heavy atom. The van der Waals surface area contributed by atoms with Crippen molar-refractivity contribution in [1.29, 1.82) is 0 Å². The molecule has 4 rings (SSSR count). The highest BCUT2D eigenvalue weighted by molar-refractivity contribution is 7.15. The third-order valence-electron chi connectivity index (χ3n) is 4.37. The van der Waals surface area contributed by atoms with Crippen LogP contribution in [0.4, 0.5) is 17.6 Å². The summed E-state index contributed by atoms with van der Waals surface area (Å²) >= 11 is 7.13. The Bertz CT molecular complexity index is 1080. The van der Waals surface area contributed by atoms with Crippen LogP contribution in [-0.2, 0) is 23.9 Å². The van der Waals surface area contributed by atoms with Gasteiger partial charge in [-0.25, -0.2) is 4.39 Å². The van der Waals surface area contributed by atoms with Gasteiger partial charge in [0, 0.05) is 18.0 Å². The van der Waals surface area contributed by atoms with Gasteiger partial charge < -0.3 is 14.2 Å². The number of halogens is 5. The van der Waals surface area contributed by atoms with E-state index in [1.54, 1.807) is 6.07 Å². The number of aromatic nitrogens is 2. The van der Waals surface area contributed by atoms with Gasteiger partial charge in [0.25, 0.3) is 5.91 Å². The lowest BCUT2D eigenvalue weighted by atomic mass is 10.1. The Labute approximate surface area is 176 Å². The maximum atomic E-state index is 13.8. The van der Waals surface area contributed by atoms with Crippen molar-refractivity contribution in [3.8, 4) is 16.5 Å². The molecule has 0 aliphatic carbocycles. The number of amides is 1. The largest absolute Gasteiger partial charge is 0.479 e. The quantitative estimate of drug-likeness (QED) is 0.532. The van der Waals surface area contributed by atoms with Crippen molar-refractivity contribution < 1.29 is 31.6 Å². The second kappa shape index (κ2) is 7.88. The summed E-state index contributed by atoms with van der Waals surface area (Å²) in [5, 5.41) is 3.45. The Morgan fingerprint density at radius 1 is 1.37 bits per heavy atom. The third-order valence-corrected chi connectivity index (χ3v) is 5.90. The molecule has 12 heteroatoms. The molecular weight excluding hydrogens is 450 g/mol. The predicted molar refractivity (Wildman–Crippen MR) is 98.6 cm³/mol. The topological polar surface area (TPSA) is 68.5 Å². The Balaban J connectivity index is 1.44. The average molecular weight is 462 g/mol. The first-order valence-electron chi connectivity index (χ1n) is 8.60. The van der Waals surface area contributed by atoms with Gasteiger partial charge in [-0.3, -0.25) is 4.79 Å². The lowest BCUT2D eigenvalue weighted by Crippen LogP contribution is -2.38. The van der Waals surface area contributed by atoms with Gasteiger partial charge in [0.2, 0.25) is 5.82 Å². The number of para-hydroxylation sites is 1. The van der Waals surface area contributed by atoms with Gasteiger partial charge in [0.1, 0.15) is 0 Å². The number of ether oxygens (including phenoxy) is 1. The van der Waals surface area contributed by atoms with Crippen LogP contribution in [0.1, 0.15) is 16.3 Å². The second-order valence-corrected chi connectivity index (χ2v) is 7.93. The molecular formula is C18H12ClF4N3O3S. The van der Waals surface area contributed by atoms with E-state index in [1.807, 2.05) is 0 Å². The van der Waals surface area contributed by atoms with Crippen molar-refractivity contribution in [2.45, 2.75) is 19.1 Å². The first-order valence-corrected chi connectivity index (χ1v) is 9.79. The SMILES string of the molecule is O=C(COc1c(F)cccc1Cl)N1CCc2sc(-c3noc(C(F)(F)F)n3)cc2C1. The predicted octanol–water partition coefficient (Wildman–Crippen LogP) is 4.57. The molecule has 3 heterocycles. The van der Waals surface area contributed by atoms with Crippen LogP contribution in [0.15, 0.2) is 28.8 Å². The van der Waals surface area contributed by atoms with Crippen molar-refractivity contribution in [2.75, 3.05) is 13.2 Å². The summed E-state index contributed by atoms with van der Waals surface area (Å²) in [6.45, 7) is 0.232. The molecule has 1 aliphatic heterocycles. The minimum atomic E-state index is -4.72. The minimum absolute atomic E-state index is 0.0598. The van der Waals surface area contributed by atoms with Gasteiger partial charge in [0.15, 0.2) is 18.2 Å². The highest BCUT2D eigenvalue weighted by atomic mass is 35.5. The molecule has 0 radical (unpaired) electrons. The molecule has 1 aromatic carbocycles. The van der Waals surface area contributed by atoms with Crippen LogP contribution in [0.25, 0.3) is 10.7 Å². The molecule has 1 amide bonds. The Hall–Kier alpha value is -2.66. The van der Waals surface area contributed by atoms with Crippen LogP contribution in [0.5, 0.6) is 5.75 Å². The fourth-order valence-electron chi connectivity index (χ4n) is 2.94. The molecule has 1 aliphatic rings. The van der Waals surface area contributed by atoms with Crippen molar-refractivity contribution in [2.24, 2.45) is 0 Å². The zero-order chi connectivity index (χ0) is 21.5. The van der Waals surface area contributed by atoms with E-state index in [9.17, 15) is 22.4 Å². The van der Waals surface area contributed by atoms with Gasteiger partial charge in [-0.05, 0) is 30.2 Å². The molecule has 0 fully saturated rings. The number of rotatable bonds is 4. The molecule has 2 aromatic heterocycles. The van der Waals surface area contributed by atoms with Crippen LogP contribution in [0, 0.1) is 5.82 Å². The molecule has 0 bridgehead atoms. The number of hydrogen-bond donors (Lipinski definition) is 0. The summed E-state index contributed by atoms with van der Waals surface area (Å²) < 4.78 is 61.2. The highest BCUT2D eigenvalue weighted by Crippen LogP contribution is 2.35. The summed E-state index contributed by atoms with van der Waals surface area (Å²) in [4.78, 5) is 18.7. The van der Waals surface area contributed by atoms with Crippen molar-refractivity contribution in [3.63, 3.8) is 0 Å². The highest BCUT2D eigenvalue weighted by Gasteiger charge is 2.38. The van der Waals surface area contributed by atoms with E-state index in [4.69, 9.17) is 16.3 Å². The standard InChI is InChI=1S/C18H12ClF4N3O3S/c19-10-2-1-3-11(20)15(10)28-8-14(27)26-5-4-12-9(7-26)6-13(30-12)16-24-17(29-25-16)18(21,22)23/h1-3,6H,4-5,7-8H2. The number of hydrogen-bond acceptors (Lipinski definition) is 6. The van der Waals surface area contributed by atoms with E-state index >= 15 is 0 Å². The van der Waals surface area contributed by atoms with Gasteiger partial charge in [-0.1, -0.05) is 22.8 Å². The fraction of sp³-hybridized carbons (Fsp3) is 0.278. The summed E-state index contributed by atoms with van der Waals surface area (Å²) in [6.07, 6.45) is -4.21. The summed E-state index contributed by atoms with van der Waals surface area (Å²) in [7, 11) is 0. The number of thiophene rings is 1. The van der Waals surface area contributed by atoms with E-state index in [1.165, 1.54) is 34.4 Å². The lowest BCUT2D eigenvalue weighted by Gasteiger charge is -2.27. The first-order chi connectivity index (χ1) is 14.2. The van der Waals surface area contributed by atoms with Crippen molar-refractivity contribution in [1.82, 2.24) is 15.0 Å². The molecule has 30 heavy (non-hydrogen) atoms. The summed E-state index contributed by atoms with van der Waals surface area (Å²) in [6, 6.07) is 5.69. The Kier molecular flexibility index (Phi) is 5.41. The number of benzene rings is 1. The van der Waals surface area contributed by atoms with E-state index in [-0.39, 0.29) is 29.0 Å². The fourth-order valence-corrected chi connectivity index (χ4v) is 4.25. The summed E-state index contributed by atoms with van der Waals surface area (Å²) in [5.41, 5.74) is 0.775. The van der Waals surface area contributed by atoms with Crippen LogP contribution >= 0.6 is 22.9 Å². The van der Waals surface area contributed by atoms with Crippen LogP contribution < -0.4 is 4.74 Å². The number of alkyl halides is 3. The number of carbonyl (C=O) groups excluding carboxylic acids is 1. The lowest BCUT2D eigenvalue weighted by molar-refractivity contribution is -0.159. The normalized spacial score (nSPS) is 14.0. The third kappa shape index (κ3) is 4.12. The second-order valence-electron chi connectivity index (χ2n) is 6.38. The maximum Gasteiger partial charge on any atom is 0.471 e. The van der Waals surface area contributed by atoms with E-state index in [0.29, 0.717) is 17.8 Å². The number of nitrogens with zero attached hydrogens (tertiary/aromatic N) is 3. The molecule has 158 valence electrons. The van der Waals surface area contributed by atoms with Gasteiger partial charge in [0.05, 0.1) is 9.90 Å². The number of carbonyl (C=O) groups is 1. The first kappa shape index (κ1) is 20.6. The van der Waals surface area contributed by atoms with E-state index in [0.717, 1.165) is 10.4 Å². The van der Waals surface area contributed by atoms with Crippen molar-refractivity contribution >= 4 is 28.8 Å². The molecule has 3 aromatic rings. The van der Waals surface area contributed by atoms with Crippen LogP contribution in [-0.4, -0.2) is 34.1 Å². The molecule has 0 unspecified atom stereocenters. The molecule has 0 spiro atoms. The molecule has 0 atom stereocenters. The zero-order valence-corrected chi connectivity index (χ0v) is 16.6. The minimum Gasteiger partial charge on any atom is -0.479 e. The smallest absolute Gasteiger partial charge is 0.471 e. The van der Waals surface area contributed by atoms with Gasteiger partial charge in [-0.15, -0.1) is 11.3 Å². The molecule has 0 saturated carbocycles. The molecule has 0 N–H and O–H groups in total. The monoisotopic (exact) mass is 461 g/mol. The van der Waals surface area contributed by atoms with Crippen molar-refractivity contribution in [3.05, 3.63) is 51.4 Å². The number of fused-ring (bicyclic) bond motifs is 1. The maximum absolute atomic E-state index is 13.8. The van der Waals surface area contributed by atoms with Gasteiger partial charge in [-0.2, -0.15) is 18.2 Å². The van der Waals surface area contributed by atoms with E-state index < -0.39 is 24.5 Å². The average Bonchev–Trinajstić information content (AvgIpc) is 3.33. The van der Waals surface area contributed by atoms with E-state index in [2.05, 4.69) is 14.7 Å². The van der Waals surface area contributed by atoms with Crippen LogP contribution in [0.3, 0.4) is 0 Å².